The summed E-state index contributed by atoms with van der Waals surface area (Å²) in [5, 5.41) is 0. The summed E-state index contributed by atoms with van der Waals surface area (Å²) in [6.45, 7) is 9.94. The Morgan fingerprint density at radius 1 is 1.25 bits per heavy atom. The second-order valence-electron chi connectivity index (χ2n) is 7.99. The molecule has 1 fully saturated rings. The van der Waals surface area contributed by atoms with Gasteiger partial charge in [-0.25, -0.2) is 9.18 Å². The molecule has 3 nitrogen and oxygen atoms in total. The summed E-state index contributed by atoms with van der Waals surface area (Å²) in [4.78, 5) is 12.2. The standard InChI is InChI=1S/C20H29FO3/c1-13(2)15-10-16(19(22)24-20(3,4)5)17(21)11-18(15)23-12-14-8-6-7-9-14/h10-11,13-14H,6-9,12H2,1-5H3. The first kappa shape index (κ1) is 18.8. The van der Waals surface area contributed by atoms with E-state index in [1.807, 2.05) is 13.8 Å². The first-order valence-corrected chi connectivity index (χ1v) is 8.87. The predicted molar refractivity (Wildman–Crippen MR) is 93.1 cm³/mol. The fraction of sp³-hybridized carbons (Fsp3) is 0.650. The number of rotatable bonds is 5. The number of hydrogen-bond acceptors (Lipinski definition) is 3. The van der Waals surface area contributed by atoms with Gasteiger partial charge in [-0.05, 0) is 57.1 Å². The molecule has 0 unspecified atom stereocenters. The Kier molecular flexibility index (Phi) is 5.89. The molecule has 134 valence electrons. The van der Waals surface area contributed by atoms with E-state index in [4.69, 9.17) is 9.47 Å². The SMILES string of the molecule is CC(C)c1cc(C(=O)OC(C)(C)C)c(F)cc1OCC1CCCC1. The van der Waals surface area contributed by atoms with Crippen molar-refractivity contribution in [1.82, 2.24) is 0 Å². The van der Waals surface area contributed by atoms with Crippen LogP contribution in [0.15, 0.2) is 12.1 Å². The van der Waals surface area contributed by atoms with Crippen LogP contribution in [0.2, 0.25) is 0 Å². The fourth-order valence-corrected chi connectivity index (χ4v) is 3.02. The van der Waals surface area contributed by atoms with Gasteiger partial charge < -0.3 is 9.47 Å². The number of carbonyl (C=O) groups is 1. The van der Waals surface area contributed by atoms with Crippen LogP contribution in [0.25, 0.3) is 0 Å². The van der Waals surface area contributed by atoms with Crippen molar-refractivity contribution in [3.05, 3.63) is 29.1 Å². The molecule has 1 aromatic carbocycles. The third-order valence-corrected chi connectivity index (χ3v) is 4.29. The van der Waals surface area contributed by atoms with Crippen LogP contribution in [-0.4, -0.2) is 18.2 Å². The highest BCUT2D eigenvalue weighted by Crippen LogP contribution is 2.32. The zero-order valence-electron chi connectivity index (χ0n) is 15.4. The number of esters is 1. The van der Waals surface area contributed by atoms with E-state index in [-0.39, 0.29) is 11.5 Å². The van der Waals surface area contributed by atoms with Gasteiger partial charge in [0, 0.05) is 6.07 Å². The second-order valence-corrected chi connectivity index (χ2v) is 7.99. The molecular weight excluding hydrogens is 307 g/mol. The minimum absolute atomic E-state index is 0.0261. The van der Waals surface area contributed by atoms with Crippen molar-refractivity contribution in [3.63, 3.8) is 0 Å². The van der Waals surface area contributed by atoms with Crippen molar-refractivity contribution in [1.29, 1.82) is 0 Å². The molecule has 0 aromatic heterocycles. The maximum Gasteiger partial charge on any atom is 0.341 e. The minimum atomic E-state index is -0.654. The zero-order valence-corrected chi connectivity index (χ0v) is 15.4. The third kappa shape index (κ3) is 4.96. The van der Waals surface area contributed by atoms with E-state index < -0.39 is 17.4 Å². The molecule has 4 heteroatoms. The smallest absolute Gasteiger partial charge is 0.341 e. The summed E-state index contributed by atoms with van der Waals surface area (Å²) in [6.07, 6.45) is 4.85. The summed E-state index contributed by atoms with van der Waals surface area (Å²) in [5.74, 6) is 0.00462. The van der Waals surface area contributed by atoms with E-state index in [9.17, 15) is 9.18 Å². The predicted octanol–water partition coefficient (Wildman–Crippen LogP) is 5.47. The van der Waals surface area contributed by atoms with E-state index in [0.29, 0.717) is 18.3 Å². The molecule has 0 heterocycles. The first-order valence-electron chi connectivity index (χ1n) is 8.87. The monoisotopic (exact) mass is 336 g/mol. The van der Waals surface area contributed by atoms with Gasteiger partial charge in [-0.3, -0.25) is 0 Å². The summed E-state index contributed by atoms with van der Waals surface area (Å²) in [7, 11) is 0. The van der Waals surface area contributed by atoms with E-state index >= 15 is 0 Å². The molecular formula is C20H29FO3. The van der Waals surface area contributed by atoms with Gasteiger partial charge in [-0.1, -0.05) is 26.7 Å². The number of benzene rings is 1. The Hall–Kier alpha value is -1.58. The minimum Gasteiger partial charge on any atom is -0.493 e. The highest BCUT2D eigenvalue weighted by atomic mass is 19.1. The number of ether oxygens (including phenoxy) is 2. The van der Waals surface area contributed by atoms with Gasteiger partial charge in [0.2, 0.25) is 0 Å². The van der Waals surface area contributed by atoms with Crippen LogP contribution < -0.4 is 4.74 Å². The van der Waals surface area contributed by atoms with Crippen LogP contribution in [-0.2, 0) is 4.74 Å². The number of carbonyl (C=O) groups excluding carboxylic acids is 1. The lowest BCUT2D eigenvalue weighted by Crippen LogP contribution is -2.24. The summed E-state index contributed by atoms with van der Waals surface area (Å²) >= 11 is 0. The Morgan fingerprint density at radius 2 is 1.88 bits per heavy atom. The molecule has 0 N–H and O–H groups in total. The van der Waals surface area contributed by atoms with Crippen molar-refractivity contribution >= 4 is 5.97 Å². The number of hydrogen-bond donors (Lipinski definition) is 0. The molecule has 1 aliphatic rings. The Morgan fingerprint density at radius 3 is 2.42 bits per heavy atom. The molecule has 24 heavy (non-hydrogen) atoms. The van der Waals surface area contributed by atoms with E-state index in [1.165, 1.54) is 31.7 Å². The Labute approximate surface area is 144 Å². The van der Waals surface area contributed by atoms with Gasteiger partial charge in [0.25, 0.3) is 0 Å². The summed E-state index contributed by atoms with van der Waals surface area (Å²) in [6, 6.07) is 2.92. The van der Waals surface area contributed by atoms with Gasteiger partial charge in [0.05, 0.1) is 12.2 Å². The van der Waals surface area contributed by atoms with Crippen molar-refractivity contribution in [2.75, 3.05) is 6.61 Å². The number of halogens is 1. The van der Waals surface area contributed by atoms with Gasteiger partial charge >= 0.3 is 5.97 Å². The van der Waals surface area contributed by atoms with Gasteiger partial charge in [-0.15, -0.1) is 0 Å². The van der Waals surface area contributed by atoms with Crippen LogP contribution >= 0.6 is 0 Å². The fourth-order valence-electron chi connectivity index (χ4n) is 3.02. The first-order chi connectivity index (χ1) is 11.2. The molecule has 0 bridgehead atoms. The summed E-state index contributed by atoms with van der Waals surface area (Å²) < 4.78 is 25.6. The van der Waals surface area contributed by atoms with Crippen molar-refractivity contribution in [2.45, 2.75) is 71.8 Å². The lowest BCUT2D eigenvalue weighted by Gasteiger charge is -2.21. The molecule has 0 spiro atoms. The lowest BCUT2D eigenvalue weighted by molar-refractivity contribution is 0.00645. The molecule has 1 aliphatic carbocycles. The van der Waals surface area contributed by atoms with Crippen molar-refractivity contribution in [2.24, 2.45) is 5.92 Å². The normalized spacial score (nSPS) is 15.8. The van der Waals surface area contributed by atoms with Crippen LogP contribution in [0.1, 0.15) is 82.1 Å². The molecule has 0 amide bonds. The lowest BCUT2D eigenvalue weighted by atomic mass is 9.98. The zero-order chi connectivity index (χ0) is 17.9. The van der Waals surface area contributed by atoms with Gasteiger partial charge in [0.1, 0.15) is 17.2 Å². The topological polar surface area (TPSA) is 35.5 Å². The molecule has 2 rings (SSSR count). The van der Waals surface area contributed by atoms with Gasteiger partial charge in [0.15, 0.2) is 0 Å². The van der Waals surface area contributed by atoms with Crippen LogP contribution in [0, 0.1) is 11.7 Å². The Bertz CT molecular complexity index is 581. The van der Waals surface area contributed by atoms with Crippen molar-refractivity contribution in [3.8, 4) is 5.75 Å². The maximum absolute atomic E-state index is 14.4. The Balaban J connectivity index is 2.22. The average molecular weight is 336 g/mol. The maximum atomic E-state index is 14.4. The van der Waals surface area contributed by atoms with E-state index in [0.717, 1.165) is 5.56 Å². The third-order valence-electron chi connectivity index (χ3n) is 4.29. The highest BCUT2D eigenvalue weighted by molar-refractivity contribution is 5.90. The largest absolute Gasteiger partial charge is 0.493 e. The second kappa shape index (κ2) is 7.54. The van der Waals surface area contributed by atoms with Crippen molar-refractivity contribution < 1.29 is 18.7 Å². The molecule has 1 aromatic rings. The molecule has 1 saturated carbocycles. The highest BCUT2D eigenvalue weighted by Gasteiger charge is 2.24. The molecule has 0 aliphatic heterocycles. The molecule has 0 radical (unpaired) electrons. The van der Waals surface area contributed by atoms with E-state index in [2.05, 4.69) is 0 Å². The quantitative estimate of drug-likeness (QED) is 0.669. The van der Waals surface area contributed by atoms with Crippen LogP contribution in [0.3, 0.4) is 0 Å². The van der Waals surface area contributed by atoms with Crippen LogP contribution in [0.5, 0.6) is 5.75 Å². The average Bonchev–Trinajstić information content (AvgIpc) is 2.95. The molecule has 0 atom stereocenters. The van der Waals surface area contributed by atoms with E-state index in [1.54, 1.807) is 26.8 Å². The van der Waals surface area contributed by atoms with Crippen LogP contribution in [0.4, 0.5) is 4.39 Å². The summed E-state index contributed by atoms with van der Waals surface area (Å²) in [5.41, 5.74) is 0.163. The molecule has 0 saturated heterocycles. The van der Waals surface area contributed by atoms with Gasteiger partial charge in [-0.2, -0.15) is 0 Å².